The van der Waals surface area contributed by atoms with E-state index in [-0.39, 0.29) is 6.04 Å². The van der Waals surface area contributed by atoms with E-state index in [2.05, 4.69) is 12.3 Å². The fourth-order valence-corrected chi connectivity index (χ4v) is 1.57. The molecule has 1 atom stereocenters. The third-order valence-electron chi connectivity index (χ3n) is 2.30. The molecule has 3 N–H and O–H groups in total. The molecule has 0 aliphatic carbocycles. The van der Waals surface area contributed by atoms with Crippen LogP contribution in [0.2, 0.25) is 5.02 Å². The molecule has 4 heteroatoms. The van der Waals surface area contributed by atoms with Gasteiger partial charge in [-0.3, -0.25) is 11.3 Å². The van der Waals surface area contributed by atoms with Crippen LogP contribution in [0, 0.1) is 0 Å². The summed E-state index contributed by atoms with van der Waals surface area (Å²) in [6.45, 7) is 3.50. The zero-order valence-corrected chi connectivity index (χ0v) is 10.3. The number of rotatable bonds is 7. The predicted molar refractivity (Wildman–Crippen MR) is 67.4 cm³/mol. The Morgan fingerprint density at radius 3 is 2.62 bits per heavy atom. The van der Waals surface area contributed by atoms with Gasteiger partial charge in [-0.25, -0.2) is 0 Å². The van der Waals surface area contributed by atoms with Crippen LogP contribution in [0.3, 0.4) is 0 Å². The van der Waals surface area contributed by atoms with E-state index in [1.54, 1.807) is 0 Å². The number of nitrogens with two attached hydrogens (primary N) is 1. The summed E-state index contributed by atoms with van der Waals surface area (Å²) in [6, 6.07) is 7.93. The molecule has 1 aromatic carbocycles. The van der Waals surface area contributed by atoms with Crippen molar-refractivity contribution < 1.29 is 4.74 Å². The number of benzene rings is 1. The fraction of sp³-hybridized carbons (Fsp3) is 0.500. The second kappa shape index (κ2) is 7.63. The van der Waals surface area contributed by atoms with Crippen molar-refractivity contribution in [2.75, 3.05) is 13.2 Å². The predicted octanol–water partition coefficient (Wildman–Crippen LogP) is 2.14. The van der Waals surface area contributed by atoms with Gasteiger partial charge in [-0.15, -0.1) is 0 Å². The zero-order valence-electron chi connectivity index (χ0n) is 9.58. The minimum Gasteiger partial charge on any atom is -0.380 e. The smallest absolute Gasteiger partial charge is 0.0636 e. The van der Waals surface area contributed by atoms with E-state index in [0.717, 1.165) is 24.5 Å². The van der Waals surface area contributed by atoms with Crippen molar-refractivity contribution in [3.63, 3.8) is 0 Å². The largest absolute Gasteiger partial charge is 0.380 e. The molecule has 0 heterocycles. The lowest BCUT2D eigenvalue weighted by Crippen LogP contribution is -2.40. The van der Waals surface area contributed by atoms with Crippen molar-refractivity contribution in [1.82, 2.24) is 5.43 Å². The van der Waals surface area contributed by atoms with Gasteiger partial charge in [-0.2, -0.15) is 0 Å². The summed E-state index contributed by atoms with van der Waals surface area (Å²) in [5.41, 5.74) is 3.97. The van der Waals surface area contributed by atoms with E-state index < -0.39 is 0 Å². The summed E-state index contributed by atoms with van der Waals surface area (Å²) < 4.78 is 5.46. The van der Waals surface area contributed by atoms with E-state index in [9.17, 15) is 0 Å². The first-order valence-electron chi connectivity index (χ1n) is 5.54. The number of hydrazine groups is 1. The van der Waals surface area contributed by atoms with Crippen LogP contribution in [0.4, 0.5) is 0 Å². The average molecular weight is 243 g/mol. The highest BCUT2D eigenvalue weighted by Gasteiger charge is 2.07. The Hall–Kier alpha value is -0.610. The monoisotopic (exact) mass is 242 g/mol. The first kappa shape index (κ1) is 13.5. The second-order valence-corrected chi connectivity index (χ2v) is 4.21. The molecule has 3 nitrogen and oxygen atoms in total. The summed E-state index contributed by atoms with van der Waals surface area (Å²) in [6.07, 6.45) is 1.87. The highest BCUT2D eigenvalue weighted by molar-refractivity contribution is 6.30. The standard InChI is InChI=1S/C12H19ClN2O/c1-2-7-16-9-12(15-14)8-10-3-5-11(13)6-4-10/h3-6,12,15H,2,7-9,14H2,1H3. The van der Waals surface area contributed by atoms with Crippen molar-refractivity contribution >= 4 is 11.6 Å². The summed E-state index contributed by atoms with van der Waals surface area (Å²) in [5, 5.41) is 0.753. The lowest BCUT2D eigenvalue weighted by molar-refractivity contribution is 0.112. The van der Waals surface area contributed by atoms with Gasteiger partial charge in [0.15, 0.2) is 0 Å². The van der Waals surface area contributed by atoms with Gasteiger partial charge in [-0.05, 0) is 30.5 Å². The quantitative estimate of drug-likeness (QED) is 0.438. The third-order valence-corrected chi connectivity index (χ3v) is 2.55. The van der Waals surface area contributed by atoms with Crippen LogP contribution in [-0.2, 0) is 11.2 Å². The first-order chi connectivity index (χ1) is 7.76. The Labute approximate surface area is 102 Å². The van der Waals surface area contributed by atoms with Crippen molar-refractivity contribution in [3.05, 3.63) is 34.9 Å². The molecule has 0 aliphatic heterocycles. The Bertz CT molecular complexity index is 290. The van der Waals surface area contributed by atoms with Gasteiger partial charge in [-0.1, -0.05) is 30.7 Å². The summed E-state index contributed by atoms with van der Waals surface area (Å²) in [5.74, 6) is 5.48. The van der Waals surface area contributed by atoms with Gasteiger partial charge in [0.1, 0.15) is 0 Å². The zero-order chi connectivity index (χ0) is 11.8. The number of ether oxygens (including phenoxy) is 1. The highest BCUT2D eigenvalue weighted by Crippen LogP contribution is 2.11. The maximum absolute atomic E-state index is 5.82. The molecule has 0 aliphatic rings. The lowest BCUT2D eigenvalue weighted by Gasteiger charge is -2.15. The summed E-state index contributed by atoms with van der Waals surface area (Å²) in [4.78, 5) is 0. The van der Waals surface area contributed by atoms with Crippen molar-refractivity contribution in [2.45, 2.75) is 25.8 Å². The Balaban J connectivity index is 2.40. The molecule has 90 valence electrons. The SMILES string of the molecule is CCCOCC(Cc1ccc(Cl)cc1)NN. The minimum atomic E-state index is 0.146. The molecule has 0 fully saturated rings. The minimum absolute atomic E-state index is 0.146. The van der Waals surface area contributed by atoms with Crippen LogP contribution >= 0.6 is 11.6 Å². The van der Waals surface area contributed by atoms with Gasteiger partial charge in [0.05, 0.1) is 6.61 Å². The molecule has 0 bridgehead atoms. The van der Waals surface area contributed by atoms with Crippen LogP contribution in [0.15, 0.2) is 24.3 Å². The van der Waals surface area contributed by atoms with Crippen LogP contribution in [0.1, 0.15) is 18.9 Å². The highest BCUT2D eigenvalue weighted by atomic mass is 35.5. The molecular weight excluding hydrogens is 224 g/mol. The van der Waals surface area contributed by atoms with E-state index in [0.29, 0.717) is 6.61 Å². The molecule has 1 aromatic rings. The summed E-state index contributed by atoms with van der Waals surface area (Å²) >= 11 is 5.82. The lowest BCUT2D eigenvalue weighted by atomic mass is 10.1. The maximum atomic E-state index is 5.82. The topological polar surface area (TPSA) is 47.3 Å². The molecule has 1 unspecified atom stereocenters. The molecule has 0 amide bonds. The molecule has 0 spiro atoms. The number of halogens is 1. The number of nitrogens with one attached hydrogen (secondary N) is 1. The molecular formula is C12H19ClN2O. The number of hydrogen-bond acceptors (Lipinski definition) is 3. The Kier molecular flexibility index (Phi) is 6.42. The van der Waals surface area contributed by atoms with E-state index in [1.165, 1.54) is 5.56 Å². The number of hydrogen-bond donors (Lipinski definition) is 2. The third kappa shape index (κ3) is 4.94. The molecule has 0 saturated heterocycles. The molecule has 0 radical (unpaired) electrons. The van der Waals surface area contributed by atoms with Crippen molar-refractivity contribution in [2.24, 2.45) is 5.84 Å². The van der Waals surface area contributed by atoms with E-state index in [1.807, 2.05) is 24.3 Å². The summed E-state index contributed by atoms with van der Waals surface area (Å²) in [7, 11) is 0. The molecule has 0 aromatic heterocycles. The van der Waals surface area contributed by atoms with Crippen LogP contribution < -0.4 is 11.3 Å². The Morgan fingerprint density at radius 2 is 2.06 bits per heavy atom. The van der Waals surface area contributed by atoms with Gasteiger partial charge in [0.25, 0.3) is 0 Å². The maximum Gasteiger partial charge on any atom is 0.0636 e. The molecule has 1 rings (SSSR count). The normalized spacial score (nSPS) is 12.7. The van der Waals surface area contributed by atoms with Crippen LogP contribution in [-0.4, -0.2) is 19.3 Å². The fourth-order valence-electron chi connectivity index (χ4n) is 1.44. The van der Waals surface area contributed by atoms with E-state index in [4.69, 9.17) is 22.2 Å². The van der Waals surface area contributed by atoms with Gasteiger partial charge < -0.3 is 4.74 Å². The molecule has 0 saturated carbocycles. The van der Waals surface area contributed by atoms with Crippen LogP contribution in [0.25, 0.3) is 0 Å². The van der Waals surface area contributed by atoms with Gasteiger partial charge in [0, 0.05) is 17.7 Å². The average Bonchev–Trinajstić information content (AvgIpc) is 2.31. The van der Waals surface area contributed by atoms with Gasteiger partial charge in [0.2, 0.25) is 0 Å². The van der Waals surface area contributed by atoms with E-state index >= 15 is 0 Å². The first-order valence-corrected chi connectivity index (χ1v) is 5.92. The van der Waals surface area contributed by atoms with Gasteiger partial charge >= 0.3 is 0 Å². The Morgan fingerprint density at radius 1 is 1.38 bits per heavy atom. The molecule has 16 heavy (non-hydrogen) atoms. The van der Waals surface area contributed by atoms with Crippen LogP contribution in [0.5, 0.6) is 0 Å². The second-order valence-electron chi connectivity index (χ2n) is 3.77. The van der Waals surface area contributed by atoms with Crippen molar-refractivity contribution in [1.29, 1.82) is 0 Å². The van der Waals surface area contributed by atoms with Crippen molar-refractivity contribution in [3.8, 4) is 0 Å².